The second-order valence-electron chi connectivity index (χ2n) is 10.4. The van der Waals surface area contributed by atoms with E-state index in [9.17, 15) is 36.3 Å². The summed E-state index contributed by atoms with van der Waals surface area (Å²) in [6.45, 7) is 3.73. The van der Waals surface area contributed by atoms with Gasteiger partial charge in [-0.1, -0.05) is 0 Å². The van der Waals surface area contributed by atoms with Crippen molar-refractivity contribution < 1.29 is 50.2 Å². The van der Waals surface area contributed by atoms with Gasteiger partial charge in [-0.3, -0.25) is 24.8 Å². The van der Waals surface area contributed by atoms with Gasteiger partial charge in [0.05, 0.1) is 19.0 Å². The number of alkyl carbamates (subject to hydrolysis) is 1. The van der Waals surface area contributed by atoms with Gasteiger partial charge in [0, 0.05) is 18.3 Å². The number of benzene rings is 1. The van der Waals surface area contributed by atoms with Crippen molar-refractivity contribution in [1.29, 1.82) is 0 Å². The van der Waals surface area contributed by atoms with Crippen LogP contribution in [-0.4, -0.2) is 70.3 Å². The Hall–Kier alpha value is -4.28. The Morgan fingerprint density at radius 1 is 1.14 bits per heavy atom. The maximum absolute atomic E-state index is 15.4. The molecule has 1 saturated heterocycles. The molecule has 1 aromatic heterocycles. The van der Waals surface area contributed by atoms with Crippen LogP contribution < -0.4 is 10.6 Å². The van der Waals surface area contributed by atoms with Crippen LogP contribution in [0.4, 0.5) is 36.8 Å². The van der Waals surface area contributed by atoms with E-state index in [1.807, 2.05) is 0 Å². The number of carbonyl (C=O) groups excluding carboxylic acids is 3. The van der Waals surface area contributed by atoms with Gasteiger partial charge in [0.1, 0.15) is 34.3 Å². The number of amides is 3. The van der Waals surface area contributed by atoms with Crippen LogP contribution in [0.1, 0.15) is 48.9 Å². The quantitative estimate of drug-likeness (QED) is 0.507. The minimum atomic E-state index is -5.06. The first-order chi connectivity index (χ1) is 19.4. The maximum atomic E-state index is 15.4. The minimum Gasteiger partial charge on any atom is -0.444 e. The second-order valence-corrected chi connectivity index (χ2v) is 10.4. The minimum absolute atomic E-state index is 0.164. The molecule has 2 N–H and O–H groups in total. The molecule has 11 nitrogen and oxygen atoms in total. The number of fused-ring (bicyclic) bond motifs is 1. The van der Waals surface area contributed by atoms with E-state index >= 15 is 4.39 Å². The predicted octanol–water partition coefficient (Wildman–Crippen LogP) is 3.93. The van der Waals surface area contributed by atoms with Crippen LogP contribution in [0.2, 0.25) is 0 Å². The summed E-state index contributed by atoms with van der Waals surface area (Å²) in [4.78, 5) is 50.4. The SMILES string of the molecule is CN1C(=O)C2C(C(F)(F)F)OCC2(c2cc(NC(=O)c3cnc(C(F)F)cn3)ccc2F)N=C1NC(=O)OC(C)(C)C. The zero-order valence-corrected chi connectivity index (χ0v) is 22.4. The molecule has 4 rings (SSSR count). The number of ether oxygens (including phenoxy) is 2. The van der Waals surface area contributed by atoms with E-state index in [-0.39, 0.29) is 11.4 Å². The van der Waals surface area contributed by atoms with Crippen molar-refractivity contribution in [3.8, 4) is 0 Å². The Morgan fingerprint density at radius 2 is 1.83 bits per heavy atom. The third-order valence-corrected chi connectivity index (χ3v) is 6.27. The van der Waals surface area contributed by atoms with E-state index in [2.05, 4.69) is 25.6 Å². The van der Waals surface area contributed by atoms with Gasteiger partial charge in [0.15, 0.2) is 6.10 Å². The summed E-state index contributed by atoms with van der Waals surface area (Å²) in [6.07, 6.45) is -10.3. The van der Waals surface area contributed by atoms with Gasteiger partial charge in [-0.15, -0.1) is 0 Å². The fraction of sp³-hybridized carbons (Fsp3) is 0.440. The number of hydrogen-bond acceptors (Lipinski definition) is 8. The monoisotopic (exact) mass is 602 g/mol. The Balaban J connectivity index is 1.77. The first-order valence-corrected chi connectivity index (χ1v) is 12.2. The highest BCUT2D eigenvalue weighted by Gasteiger charge is 2.66. The highest BCUT2D eigenvalue weighted by Crippen LogP contribution is 2.51. The van der Waals surface area contributed by atoms with Crippen LogP contribution in [0.25, 0.3) is 0 Å². The van der Waals surface area contributed by atoms with Crippen molar-refractivity contribution in [3.63, 3.8) is 0 Å². The number of aromatic nitrogens is 2. The molecular weight excluding hydrogens is 578 g/mol. The van der Waals surface area contributed by atoms with Gasteiger partial charge in [0.25, 0.3) is 12.3 Å². The molecule has 17 heteroatoms. The number of halogens is 6. The molecule has 2 aliphatic rings. The largest absolute Gasteiger partial charge is 0.444 e. The molecule has 3 atom stereocenters. The lowest BCUT2D eigenvalue weighted by molar-refractivity contribution is -0.218. The third kappa shape index (κ3) is 6.00. The number of rotatable bonds is 4. The van der Waals surface area contributed by atoms with Crippen molar-refractivity contribution in [2.75, 3.05) is 19.0 Å². The summed E-state index contributed by atoms with van der Waals surface area (Å²) < 4.78 is 93.0. The molecule has 0 aliphatic carbocycles. The van der Waals surface area contributed by atoms with Crippen molar-refractivity contribution in [1.82, 2.24) is 20.2 Å². The first kappa shape index (κ1) is 30.7. The van der Waals surface area contributed by atoms with Crippen molar-refractivity contribution in [2.24, 2.45) is 10.9 Å². The number of guanidine groups is 1. The number of alkyl halides is 5. The van der Waals surface area contributed by atoms with E-state index < -0.39 is 83.3 Å². The van der Waals surface area contributed by atoms with E-state index in [1.54, 1.807) is 20.8 Å². The summed E-state index contributed by atoms with van der Waals surface area (Å²) in [6, 6.07) is 2.85. The van der Waals surface area contributed by atoms with Crippen molar-refractivity contribution in [2.45, 2.75) is 50.6 Å². The lowest BCUT2D eigenvalue weighted by Crippen LogP contribution is -2.59. The number of aliphatic imine (C=N–C) groups is 1. The van der Waals surface area contributed by atoms with Gasteiger partial charge >= 0.3 is 12.3 Å². The highest BCUT2D eigenvalue weighted by molar-refractivity contribution is 6.06. The number of carbonyl (C=O) groups is 3. The average Bonchev–Trinajstić information content (AvgIpc) is 3.28. The molecule has 2 aliphatic heterocycles. The van der Waals surface area contributed by atoms with Gasteiger partial charge < -0.3 is 14.8 Å². The van der Waals surface area contributed by atoms with Gasteiger partial charge in [-0.25, -0.2) is 27.9 Å². The third-order valence-electron chi connectivity index (χ3n) is 6.27. The molecule has 1 fully saturated rings. The van der Waals surface area contributed by atoms with Gasteiger partial charge in [0.2, 0.25) is 11.9 Å². The fourth-order valence-corrected chi connectivity index (χ4v) is 4.46. The fourth-order valence-electron chi connectivity index (χ4n) is 4.46. The smallest absolute Gasteiger partial charge is 0.415 e. The van der Waals surface area contributed by atoms with E-state index in [0.29, 0.717) is 11.1 Å². The molecule has 3 amide bonds. The van der Waals surface area contributed by atoms with Crippen LogP contribution >= 0.6 is 0 Å². The van der Waals surface area contributed by atoms with Crippen LogP contribution in [0.5, 0.6) is 0 Å². The molecule has 226 valence electrons. The van der Waals surface area contributed by atoms with Crippen LogP contribution in [0, 0.1) is 11.7 Å². The van der Waals surface area contributed by atoms with E-state index in [0.717, 1.165) is 31.4 Å². The molecule has 0 radical (unpaired) electrons. The van der Waals surface area contributed by atoms with E-state index in [4.69, 9.17) is 9.47 Å². The summed E-state index contributed by atoms with van der Waals surface area (Å²) in [5, 5.41) is 4.54. The lowest BCUT2D eigenvalue weighted by Gasteiger charge is -2.40. The van der Waals surface area contributed by atoms with E-state index in [1.165, 1.54) is 0 Å². The molecule has 0 bridgehead atoms. The molecular formula is C25H24F6N6O5. The molecule has 1 aromatic carbocycles. The average molecular weight is 602 g/mol. The zero-order chi connectivity index (χ0) is 31.2. The molecule has 2 aromatic rings. The van der Waals surface area contributed by atoms with Crippen LogP contribution in [0.3, 0.4) is 0 Å². The Bertz CT molecular complexity index is 1430. The summed E-state index contributed by atoms with van der Waals surface area (Å²) in [7, 11) is 1.07. The number of hydrogen-bond donors (Lipinski definition) is 2. The standard InChI is InChI=1S/C25H24F6N6O5/c1-23(2,3)42-22(40)35-21-36-24(10-41-17(25(29,30)31)16(24)20(39)37(21)4)12-7-11(5-6-13(12)26)34-19(38)15-9-32-14(8-33-15)18(27)28/h5-9,16-18H,10H2,1-4H3,(H,34,38)(H,35,36,40). The second kappa shape index (κ2) is 10.8. The molecule has 42 heavy (non-hydrogen) atoms. The summed E-state index contributed by atoms with van der Waals surface area (Å²) in [5.74, 6) is -5.87. The highest BCUT2D eigenvalue weighted by atomic mass is 19.4. The topological polar surface area (TPSA) is 135 Å². The Morgan fingerprint density at radius 3 is 2.40 bits per heavy atom. The normalized spacial score (nSPS) is 22.5. The summed E-state index contributed by atoms with van der Waals surface area (Å²) >= 11 is 0. The molecule has 0 spiro atoms. The lowest BCUT2D eigenvalue weighted by atomic mass is 9.75. The Kier molecular flexibility index (Phi) is 7.92. The van der Waals surface area contributed by atoms with Crippen molar-refractivity contribution >= 4 is 29.6 Å². The van der Waals surface area contributed by atoms with Crippen LogP contribution in [-0.2, 0) is 19.8 Å². The van der Waals surface area contributed by atoms with Gasteiger partial charge in [-0.05, 0) is 39.0 Å². The van der Waals surface area contributed by atoms with Gasteiger partial charge in [-0.2, -0.15) is 13.2 Å². The maximum Gasteiger partial charge on any atom is 0.415 e. The van der Waals surface area contributed by atoms with Crippen molar-refractivity contribution in [3.05, 3.63) is 53.4 Å². The van der Waals surface area contributed by atoms with Crippen LogP contribution in [0.15, 0.2) is 35.6 Å². The number of nitrogens with zero attached hydrogens (tertiary/aromatic N) is 4. The number of anilines is 1. The number of nitrogens with one attached hydrogen (secondary N) is 2. The zero-order valence-electron chi connectivity index (χ0n) is 22.4. The summed E-state index contributed by atoms with van der Waals surface area (Å²) in [5.41, 5.74) is -5.11. The Labute approximate surface area is 234 Å². The molecule has 3 heterocycles. The first-order valence-electron chi connectivity index (χ1n) is 12.2. The predicted molar refractivity (Wildman–Crippen MR) is 132 cm³/mol. The molecule has 3 unspecified atom stereocenters. The molecule has 0 saturated carbocycles.